The summed E-state index contributed by atoms with van der Waals surface area (Å²) in [5.41, 5.74) is 0.336. The van der Waals surface area contributed by atoms with Crippen LogP contribution in [0.2, 0.25) is 0 Å². The predicted molar refractivity (Wildman–Crippen MR) is 210 cm³/mol. The quantitative estimate of drug-likeness (QED) is 0.194. The SMILES string of the molecule is CCOC(=O)N1CCN([C@@H](COC)c2ccc(C(F)(F)F)cc2)[C@@H](C)C1.COC[C@@H](c1ccc(C(F)(F)F)cc1)N1CCNC[C@@H]1C.[I][V]([I])[I].[Na+].[OH-]. The van der Waals surface area contributed by atoms with Gasteiger partial charge in [0, 0.05) is 65.6 Å². The third-order valence-electron chi connectivity index (χ3n) is 8.45. The van der Waals surface area contributed by atoms with Crippen LogP contribution in [0.1, 0.15) is 55.1 Å². The van der Waals surface area contributed by atoms with E-state index in [1.807, 2.05) is 6.92 Å². The Bertz CT molecular complexity index is 1310. The van der Waals surface area contributed by atoms with Crippen LogP contribution in [0.5, 0.6) is 0 Å². The number of ether oxygens (including phenoxy) is 3. The fourth-order valence-electron chi connectivity index (χ4n) is 6.01. The van der Waals surface area contributed by atoms with Crippen LogP contribution in [0.4, 0.5) is 31.1 Å². The number of methoxy groups -OCH3 is 2. The molecule has 0 unspecified atom stereocenters. The Morgan fingerprint density at radius 3 is 1.57 bits per heavy atom. The number of carbonyl (C=O) groups excluding carboxylic acids is 1. The van der Waals surface area contributed by atoms with Crippen molar-refractivity contribution in [3.8, 4) is 0 Å². The number of benzene rings is 2. The van der Waals surface area contributed by atoms with Gasteiger partial charge in [0.15, 0.2) is 0 Å². The molecule has 0 aromatic heterocycles. The van der Waals surface area contributed by atoms with E-state index in [1.165, 1.54) is 12.1 Å². The van der Waals surface area contributed by atoms with E-state index in [9.17, 15) is 31.1 Å². The zero-order valence-corrected chi connectivity index (χ0v) is 40.4. The Morgan fingerprint density at radius 2 is 1.23 bits per heavy atom. The number of amides is 1. The molecule has 2 aromatic carbocycles. The molecule has 4 atom stereocenters. The minimum Gasteiger partial charge on any atom is -0.870 e. The number of rotatable bonds is 9. The van der Waals surface area contributed by atoms with Gasteiger partial charge in [-0.05, 0) is 56.2 Å². The van der Waals surface area contributed by atoms with Gasteiger partial charge in [-0.1, -0.05) is 24.3 Å². The summed E-state index contributed by atoms with van der Waals surface area (Å²) in [5.74, 6) is 0. The molecule has 2 fully saturated rings. The molecule has 0 radical (unpaired) electrons. The Morgan fingerprint density at radius 1 is 0.811 bits per heavy atom. The maximum absolute atomic E-state index is 12.8. The Labute approximate surface area is 368 Å². The van der Waals surface area contributed by atoms with Crippen LogP contribution in [0.15, 0.2) is 48.5 Å². The Balaban J connectivity index is 0.000000909. The molecule has 4 rings (SSSR count). The molecule has 2 aliphatic heterocycles. The summed E-state index contributed by atoms with van der Waals surface area (Å²) < 4.78 is 91.9. The van der Waals surface area contributed by atoms with Crippen molar-refractivity contribution in [3.05, 3.63) is 70.8 Å². The molecule has 2 aromatic rings. The van der Waals surface area contributed by atoms with E-state index in [0.29, 0.717) is 45.5 Å². The smallest absolute Gasteiger partial charge is 0.870 e. The number of carbonyl (C=O) groups is 1. The fourth-order valence-corrected chi connectivity index (χ4v) is 6.01. The molecular weight excluding hydrogens is 1100 g/mol. The first kappa shape index (κ1) is 53.8. The van der Waals surface area contributed by atoms with E-state index < -0.39 is 23.5 Å². The zero-order chi connectivity index (χ0) is 38.4. The second-order valence-electron chi connectivity index (χ2n) is 11.9. The molecule has 20 heteroatoms. The van der Waals surface area contributed by atoms with Crippen LogP contribution >= 0.6 is 59.9 Å². The topological polar surface area (TPSA) is 96.5 Å². The summed E-state index contributed by atoms with van der Waals surface area (Å²) in [6, 6.07) is 10.7. The number of hydrogen-bond acceptors (Lipinski definition) is 8. The average molecular weight is 1150 g/mol. The van der Waals surface area contributed by atoms with E-state index in [0.717, 1.165) is 55.0 Å². The molecule has 298 valence electrons. The maximum atomic E-state index is 12.8. The van der Waals surface area contributed by atoms with Gasteiger partial charge in [0.2, 0.25) is 0 Å². The van der Waals surface area contributed by atoms with Crippen LogP contribution in [0, 0.1) is 0 Å². The Hall–Kier alpha value is 0.824. The van der Waals surface area contributed by atoms with E-state index >= 15 is 0 Å². The van der Waals surface area contributed by atoms with Gasteiger partial charge < -0.3 is 29.9 Å². The number of piperazine rings is 2. The molecule has 0 bridgehead atoms. The second-order valence-corrected chi connectivity index (χ2v) is 47.3. The van der Waals surface area contributed by atoms with Crippen LogP contribution in [-0.4, -0.2) is 112 Å². The second kappa shape index (κ2) is 26.8. The van der Waals surface area contributed by atoms with Gasteiger partial charge in [0.05, 0.1) is 43.0 Å². The normalized spacial score (nSPS) is 19.3. The van der Waals surface area contributed by atoms with Gasteiger partial charge in [-0.15, -0.1) is 0 Å². The van der Waals surface area contributed by atoms with Gasteiger partial charge in [0.25, 0.3) is 0 Å². The molecule has 53 heavy (non-hydrogen) atoms. The van der Waals surface area contributed by atoms with Crippen LogP contribution < -0.4 is 34.9 Å². The van der Waals surface area contributed by atoms with Crippen LogP contribution in [-0.2, 0) is 31.5 Å². The Kier molecular flexibility index (Phi) is 27.2. The monoisotopic (exact) mass is 1150 g/mol. The van der Waals surface area contributed by atoms with Crippen molar-refractivity contribution in [2.75, 3.05) is 73.3 Å². The third kappa shape index (κ3) is 18.5. The van der Waals surface area contributed by atoms with Gasteiger partial charge in [-0.3, -0.25) is 9.80 Å². The summed E-state index contributed by atoms with van der Waals surface area (Å²) in [6.07, 6.45) is -8.98. The van der Waals surface area contributed by atoms with Crippen LogP contribution in [0.3, 0.4) is 0 Å². The van der Waals surface area contributed by atoms with E-state index in [-0.39, 0.29) is 64.2 Å². The molecule has 2 aliphatic rings. The molecule has 0 aliphatic carbocycles. The number of nitrogens with zero attached hydrogens (tertiary/aromatic N) is 3. The molecule has 2 heterocycles. The first-order chi connectivity index (χ1) is 23.9. The summed E-state index contributed by atoms with van der Waals surface area (Å²) in [4.78, 5) is 17.7. The molecule has 2 saturated heterocycles. The van der Waals surface area contributed by atoms with Gasteiger partial charge in [0.1, 0.15) is 0 Å². The minimum atomic E-state index is -4.35. The summed E-state index contributed by atoms with van der Waals surface area (Å²) >= 11 is 7.39. The van der Waals surface area contributed by atoms with Crippen molar-refractivity contribution in [2.24, 2.45) is 0 Å². The van der Waals surface area contributed by atoms with Crippen molar-refractivity contribution >= 4 is 66.0 Å². The van der Waals surface area contributed by atoms with E-state index in [4.69, 9.17) is 14.2 Å². The fraction of sp³-hybridized carbons (Fsp3) is 0.606. The minimum absolute atomic E-state index is 0. The number of hydrogen-bond donors (Lipinski definition) is 1. The molecule has 0 saturated carbocycles. The van der Waals surface area contributed by atoms with Crippen molar-refractivity contribution in [2.45, 2.75) is 57.3 Å². The summed E-state index contributed by atoms with van der Waals surface area (Å²) in [6.45, 7) is 11.2. The number of halogens is 9. The molecule has 0 spiro atoms. The zero-order valence-electron chi connectivity index (χ0n) is 30.6. The molecule has 2 N–H and O–H groups in total. The van der Waals surface area contributed by atoms with Gasteiger partial charge >= 0.3 is 113 Å². The van der Waals surface area contributed by atoms with Crippen molar-refractivity contribution in [1.29, 1.82) is 0 Å². The third-order valence-corrected chi connectivity index (χ3v) is 8.45. The maximum Gasteiger partial charge on any atom is 1.00 e. The first-order valence-corrected chi connectivity index (χ1v) is 29.7. The molecule has 9 nitrogen and oxygen atoms in total. The van der Waals surface area contributed by atoms with Crippen molar-refractivity contribution in [3.63, 3.8) is 0 Å². The van der Waals surface area contributed by atoms with Crippen molar-refractivity contribution in [1.82, 2.24) is 20.0 Å². The van der Waals surface area contributed by atoms with Crippen LogP contribution in [0.25, 0.3) is 0 Å². The van der Waals surface area contributed by atoms with Crippen molar-refractivity contribution < 1.29 is 85.3 Å². The van der Waals surface area contributed by atoms with Gasteiger partial charge in [-0.25, -0.2) is 4.79 Å². The standard InChI is InChI=1S/C18H25F3N2O3.C15H21F3N2O.3HI.Na.H2O.V/c1-4-26-17(24)22-9-10-23(13(2)11-22)16(12-25-3)14-5-7-15(8-6-14)18(19,20)21;1-11-9-19-7-8-20(11)14(10-21-2)12-3-5-13(6-4-12)15(16,17)18;;;;;;/h5-8,13,16H,4,9-12H2,1-3H3;3-6,11,14,19H,7-10H2,1-2H3;3*1H;;1H2;/q;;;;;+1;;+3/p-4/t13-,16-;11-,14-;;;;;;/m00....../s1. The largest absolute Gasteiger partial charge is 1.00 e. The van der Waals surface area contributed by atoms with E-state index in [2.05, 4.69) is 82.0 Å². The number of nitrogens with one attached hydrogen (secondary N) is 1. The first-order valence-electron chi connectivity index (χ1n) is 16.2. The van der Waals surface area contributed by atoms with Gasteiger partial charge in [-0.2, -0.15) is 26.3 Å². The molecule has 1 amide bonds. The summed E-state index contributed by atoms with van der Waals surface area (Å²) in [7, 11) is 3.18. The number of alkyl halides is 6. The summed E-state index contributed by atoms with van der Waals surface area (Å²) in [5, 5.41) is 3.31. The van der Waals surface area contributed by atoms with E-state index in [1.54, 1.807) is 38.2 Å². The molecular formula is C33H47F6I3N4NaO5V. The predicted octanol–water partition coefficient (Wildman–Crippen LogP) is 5.72. The average Bonchev–Trinajstić information content (AvgIpc) is 3.06.